The number of rotatable bonds is 7. The summed E-state index contributed by atoms with van der Waals surface area (Å²) in [7, 11) is 0. The number of carbonyl (C=O) groups excluding carboxylic acids is 1. The van der Waals surface area contributed by atoms with Gasteiger partial charge in [0.15, 0.2) is 0 Å². The van der Waals surface area contributed by atoms with E-state index in [1.54, 1.807) is 12.3 Å². The van der Waals surface area contributed by atoms with Crippen molar-refractivity contribution >= 4 is 23.9 Å². The topological polar surface area (TPSA) is 44.7 Å². The number of amides is 1. The summed E-state index contributed by atoms with van der Waals surface area (Å²) in [5, 5.41) is 3.98. The second-order valence-corrected chi connectivity index (χ2v) is 5.24. The van der Waals surface area contributed by atoms with Gasteiger partial charge in [-0.2, -0.15) is 5.10 Å². The van der Waals surface area contributed by atoms with Gasteiger partial charge in [-0.05, 0) is 43.2 Å². The smallest absolute Gasteiger partial charge is 0.264 e. The standard InChI is InChI=1S/C20H23N3O/c1-3-23(4-2)19-13-10-18(11-14-19)16-21-22-20(24)15-12-17-8-6-5-7-9-17/h5-16H,3-4H2,1-2H3,(H,22,24)/b15-12+,21-16?. The summed E-state index contributed by atoms with van der Waals surface area (Å²) in [5.41, 5.74) is 5.60. The summed E-state index contributed by atoms with van der Waals surface area (Å²) >= 11 is 0. The van der Waals surface area contributed by atoms with Gasteiger partial charge in [-0.15, -0.1) is 0 Å². The lowest BCUT2D eigenvalue weighted by molar-refractivity contribution is -0.116. The van der Waals surface area contributed by atoms with Gasteiger partial charge in [-0.1, -0.05) is 42.5 Å². The molecule has 1 N–H and O–H groups in total. The van der Waals surface area contributed by atoms with Gasteiger partial charge in [0.1, 0.15) is 0 Å². The van der Waals surface area contributed by atoms with Crippen LogP contribution >= 0.6 is 0 Å². The fourth-order valence-corrected chi connectivity index (χ4v) is 2.30. The summed E-state index contributed by atoms with van der Waals surface area (Å²) in [6, 6.07) is 17.8. The van der Waals surface area contributed by atoms with E-state index in [4.69, 9.17) is 0 Å². The van der Waals surface area contributed by atoms with Crippen molar-refractivity contribution in [2.45, 2.75) is 13.8 Å². The molecule has 0 bridgehead atoms. The van der Waals surface area contributed by atoms with Crippen LogP contribution in [0.5, 0.6) is 0 Å². The second-order valence-electron chi connectivity index (χ2n) is 5.24. The molecule has 0 aromatic heterocycles. The minimum atomic E-state index is -0.255. The number of nitrogens with zero attached hydrogens (tertiary/aromatic N) is 2. The lowest BCUT2D eigenvalue weighted by atomic mass is 10.2. The Balaban J connectivity index is 1.87. The van der Waals surface area contributed by atoms with E-state index in [2.05, 4.69) is 41.4 Å². The van der Waals surface area contributed by atoms with Gasteiger partial charge in [-0.25, -0.2) is 5.43 Å². The van der Waals surface area contributed by atoms with E-state index in [0.717, 1.165) is 24.2 Å². The zero-order valence-corrected chi connectivity index (χ0v) is 14.1. The molecule has 0 aliphatic rings. The molecule has 0 atom stereocenters. The largest absolute Gasteiger partial charge is 0.372 e. The van der Waals surface area contributed by atoms with Crippen molar-refractivity contribution in [2.75, 3.05) is 18.0 Å². The third-order valence-electron chi connectivity index (χ3n) is 3.64. The van der Waals surface area contributed by atoms with Crippen LogP contribution in [0.3, 0.4) is 0 Å². The van der Waals surface area contributed by atoms with Gasteiger partial charge in [0.05, 0.1) is 6.21 Å². The van der Waals surface area contributed by atoms with E-state index in [-0.39, 0.29) is 5.91 Å². The van der Waals surface area contributed by atoms with Crippen molar-refractivity contribution in [3.05, 3.63) is 71.8 Å². The summed E-state index contributed by atoms with van der Waals surface area (Å²) in [4.78, 5) is 14.0. The summed E-state index contributed by atoms with van der Waals surface area (Å²) < 4.78 is 0. The summed E-state index contributed by atoms with van der Waals surface area (Å²) in [6.07, 6.45) is 4.86. The normalized spacial score (nSPS) is 11.1. The Morgan fingerprint density at radius 1 is 1.00 bits per heavy atom. The van der Waals surface area contributed by atoms with Crippen molar-refractivity contribution in [3.63, 3.8) is 0 Å². The van der Waals surface area contributed by atoms with Gasteiger partial charge in [0.2, 0.25) is 0 Å². The van der Waals surface area contributed by atoms with Crippen molar-refractivity contribution < 1.29 is 4.79 Å². The molecule has 0 spiro atoms. The molecule has 0 heterocycles. The van der Waals surface area contributed by atoms with Crippen molar-refractivity contribution in [2.24, 2.45) is 5.10 Å². The molecule has 0 fully saturated rings. The molecule has 0 radical (unpaired) electrons. The van der Waals surface area contributed by atoms with E-state index in [0.29, 0.717) is 0 Å². The van der Waals surface area contributed by atoms with E-state index in [1.807, 2.05) is 42.5 Å². The Morgan fingerprint density at radius 3 is 2.29 bits per heavy atom. The predicted octanol–water partition coefficient (Wildman–Crippen LogP) is 3.70. The van der Waals surface area contributed by atoms with E-state index < -0.39 is 0 Å². The third kappa shape index (κ3) is 5.39. The number of hydrazone groups is 1. The molecule has 0 aliphatic carbocycles. The Morgan fingerprint density at radius 2 is 1.67 bits per heavy atom. The third-order valence-corrected chi connectivity index (χ3v) is 3.64. The van der Waals surface area contributed by atoms with Gasteiger partial charge in [0.25, 0.3) is 5.91 Å². The number of hydrogen-bond donors (Lipinski definition) is 1. The van der Waals surface area contributed by atoms with Crippen LogP contribution in [-0.4, -0.2) is 25.2 Å². The fraction of sp³-hybridized carbons (Fsp3) is 0.200. The van der Waals surface area contributed by atoms with Gasteiger partial charge in [-0.3, -0.25) is 4.79 Å². The molecule has 0 unspecified atom stereocenters. The maximum atomic E-state index is 11.7. The van der Waals surface area contributed by atoms with E-state index in [9.17, 15) is 4.79 Å². The van der Waals surface area contributed by atoms with E-state index >= 15 is 0 Å². The fourth-order valence-electron chi connectivity index (χ4n) is 2.30. The minimum absolute atomic E-state index is 0.255. The van der Waals surface area contributed by atoms with Gasteiger partial charge in [0, 0.05) is 24.9 Å². The average Bonchev–Trinajstić information content (AvgIpc) is 2.63. The molecule has 0 saturated heterocycles. The van der Waals surface area contributed by atoms with Crippen molar-refractivity contribution in [1.29, 1.82) is 0 Å². The molecule has 1 amide bonds. The van der Waals surface area contributed by atoms with Crippen LogP contribution in [-0.2, 0) is 4.79 Å². The van der Waals surface area contributed by atoms with Crippen LogP contribution in [0.4, 0.5) is 5.69 Å². The maximum absolute atomic E-state index is 11.7. The molecule has 2 rings (SSSR count). The zero-order valence-electron chi connectivity index (χ0n) is 14.1. The quantitative estimate of drug-likeness (QED) is 0.480. The van der Waals surface area contributed by atoms with Crippen LogP contribution in [0.2, 0.25) is 0 Å². The molecular formula is C20H23N3O. The highest BCUT2D eigenvalue weighted by Gasteiger charge is 2.00. The molecular weight excluding hydrogens is 298 g/mol. The molecule has 4 nitrogen and oxygen atoms in total. The van der Waals surface area contributed by atoms with Crippen molar-refractivity contribution in [1.82, 2.24) is 5.43 Å². The Kier molecular flexibility index (Phi) is 6.77. The minimum Gasteiger partial charge on any atom is -0.372 e. The number of benzene rings is 2. The van der Waals surface area contributed by atoms with Gasteiger partial charge < -0.3 is 4.90 Å². The lowest BCUT2D eigenvalue weighted by Crippen LogP contribution is -2.21. The van der Waals surface area contributed by atoms with Crippen LogP contribution in [0.15, 0.2) is 65.8 Å². The highest BCUT2D eigenvalue weighted by molar-refractivity contribution is 5.92. The van der Waals surface area contributed by atoms with E-state index in [1.165, 1.54) is 11.8 Å². The highest BCUT2D eigenvalue weighted by Crippen LogP contribution is 2.13. The Labute approximate surface area is 143 Å². The average molecular weight is 321 g/mol. The van der Waals surface area contributed by atoms with Crippen LogP contribution in [0.1, 0.15) is 25.0 Å². The highest BCUT2D eigenvalue weighted by atomic mass is 16.2. The SMILES string of the molecule is CCN(CC)c1ccc(C=NNC(=O)/C=C/c2ccccc2)cc1. The first-order chi connectivity index (χ1) is 11.7. The van der Waals surface area contributed by atoms with Crippen molar-refractivity contribution in [3.8, 4) is 0 Å². The van der Waals surface area contributed by atoms with Gasteiger partial charge >= 0.3 is 0 Å². The molecule has 0 saturated carbocycles. The second kappa shape index (κ2) is 9.30. The molecule has 4 heteroatoms. The first-order valence-electron chi connectivity index (χ1n) is 8.14. The summed E-state index contributed by atoms with van der Waals surface area (Å²) in [6.45, 7) is 6.23. The van der Waals surface area contributed by atoms with Crippen LogP contribution < -0.4 is 10.3 Å². The molecule has 0 aliphatic heterocycles. The maximum Gasteiger partial charge on any atom is 0.264 e. The Bertz CT molecular complexity index is 687. The monoisotopic (exact) mass is 321 g/mol. The number of carbonyl (C=O) groups is 1. The molecule has 2 aromatic rings. The first-order valence-corrected chi connectivity index (χ1v) is 8.14. The molecule has 24 heavy (non-hydrogen) atoms. The van der Waals surface area contributed by atoms with Crippen LogP contribution in [0.25, 0.3) is 6.08 Å². The number of anilines is 1. The predicted molar refractivity (Wildman–Crippen MR) is 101 cm³/mol. The molecule has 124 valence electrons. The lowest BCUT2D eigenvalue weighted by Gasteiger charge is -2.20. The first kappa shape index (κ1) is 17.5. The molecule has 2 aromatic carbocycles. The number of hydrogen-bond acceptors (Lipinski definition) is 3. The van der Waals surface area contributed by atoms with Crippen LogP contribution in [0, 0.1) is 0 Å². The summed E-state index contributed by atoms with van der Waals surface area (Å²) in [5.74, 6) is -0.255. The number of nitrogens with one attached hydrogen (secondary N) is 1. The zero-order chi connectivity index (χ0) is 17.2. The Hall–Kier alpha value is -2.88.